The number of aliphatic hydroxyl groups is 2. The highest BCUT2D eigenvalue weighted by molar-refractivity contribution is 6.74. The minimum Gasteiger partial charge on any atom is -0.417 e. The second-order valence-electron chi connectivity index (χ2n) is 12.8. The highest BCUT2D eigenvalue weighted by Gasteiger charge is 2.38. The number of nitrogens with one attached hydrogen (secondary N) is 1. The minimum absolute atomic E-state index is 0.0443. The summed E-state index contributed by atoms with van der Waals surface area (Å²) in [5, 5.41) is 30.7. The fourth-order valence-electron chi connectivity index (χ4n) is 4.69. The monoisotopic (exact) mass is 561 g/mol. The summed E-state index contributed by atoms with van der Waals surface area (Å²) in [6, 6.07) is 8.76. The Balaban J connectivity index is 2.57. The molecular formula is C33H59NO4Si. The van der Waals surface area contributed by atoms with Gasteiger partial charge in [-0.3, -0.25) is 4.79 Å². The molecule has 1 aromatic rings. The van der Waals surface area contributed by atoms with Crippen molar-refractivity contribution in [1.82, 2.24) is 0 Å². The average Bonchev–Trinajstić information content (AvgIpc) is 2.90. The SMILES string of the molecule is CCCCCCCCCCCCCC[C@H](O)[C@H](O)[C@H](CCO[Si](C)(C)C(C)(C)C)C(=N)C(=O)c1ccccc1. The van der Waals surface area contributed by atoms with Crippen molar-refractivity contribution in [3.05, 3.63) is 35.9 Å². The van der Waals surface area contributed by atoms with Gasteiger partial charge in [-0.15, -0.1) is 0 Å². The molecule has 1 aromatic carbocycles. The van der Waals surface area contributed by atoms with E-state index in [1.54, 1.807) is 24.3 Å². The summed E-state index contributed by atoms with van der Waals surface area (Å²) in [6.07, 6.45) is 13.6. The first-order valence-corrected chi connectivity index (χ1v) is 18.5. The maximum atomic E-state index is 13.1. The van der Waals surface area contributed by atoms with Gasteiger partial charge in [0.15, 0.2) is 8.32 Å². The lowest BCUT2D eigenvalue weighted by molar-refractivity contribution is -0.0107. The maximum Gasteiger partial charge on any atom is 0.206 e. The Morgan fingerprint density at radius 2 is 1.33 bits per heavy atom. The van der Waals surface area contributed by atoms with Gasteiger partial charge >= 0.3 is 0 Å². The van der Waals surface area contributed by atoms with E-state index in [1.165, 1.54) is 57.8 Å². The van der Waals surface area contributed by atoms with E-state index in [0.29, 0.717) is 25.0 Å². The van der Waals surface area contributed by atoms with E-state index in [2.05, 4.69) is 40.8 Å². The van der Waals surface area contributed by atoms with Gasteiger partial charge in [0.05, 0.1) is 17.9 Å². The summed E-state index contributed by atoms with van der Waals surface area (Å²) in [6.45, 7) is 13.5. The third kappa shape index (κ3) is 13.7. The summed E-state index contributed by atoms with van der Waals surface area (Å²) in [5.41, 5.74) is 0.279. The Kier molecular flexibility index (Phi) is 17.3. The summed E-state index contributed by atoms with van der Waals surface area (Å²) < 4.78 is 6.31. The van der Waals surface area contributed by atoms with Crippen molar-refractivity contribution in [3.63, 3.8) is 0 Å². The molecule has 39 heavy (non-hydrogen) atoms. The van der Waals surface area contributed by atoms with Crippen molar-refractivity contribution in [2.45, 2.75) is 148 Å². The first-order chi connectivity index (χ1) is 18.4. The summed E-state index contributed by atoms with van der Waals surface area (Å²) in [4.78, 5) is 13.1. The smallest absolute Gasteiger partial charge is 0.206 e. The molecule has 0 amide bonds. The number of unbranched alkanes of at least 4 members (excludes halogenated alkanes) is 11. The number of rotatable bonds is 22. The summed E-state index contributed by atoms with van der Waals surface area (Å²) in [5.74, 6) is -1.17. The van der Waals surface area contributed by atoms with Gasteiger partial charge in [-0.25, -0.2) is 0 Å². The number of Topliss-reactive ketones (excluding diaryl/α,β-unsaturated/α-hetero) is 1. The van der Waals surface area contributed by atoms with Crippen LogP contribution in [0.3, 0.4) is 0 Å². The minimum atomic E-state index is -2.01. The van der Waals surface area contributed by atoms with Crippen molar-refractivity contribution >= 4 is 19.8 Å². The normalized spacial score (nSPS) is 14.7. The molecule has 0 aromatic heterocycles. The van der Waals surface area contributed by atoms with Crippen molar-refractivity contribution in [1.29, 1.82) is 5.41 Å². The third-order valence-corrected chi connectivity index (χ3v) is 13.0. The third-order valence-electron chi connectivity index (χ3n) is 8.51. The van der Waals surface area contributed by atoms with Crippen LogP contribution in [-0.2, 0) is 4.43 Å². The van der Waals surface area contributed by atoms with Gasteiger partial charge in [0, 0.05) is 18.1 Å². The van der Waals surface area contributed by atoms with Gasteiger partial charge in [-0.2, -0.15) is 0 Å². The largest absolute Gasteiger partial charge is 0.417 e. The first kappa shape index (κ1) is 35.7. The number of carbonyl (C=O) groups is 1. The van der Waals surface area contributed by atoms with Crippen LogP contribution < -0.4 is 0 Å². The highest BCUT2D eigenvalue weighted by Crippen LogP contribution is 2.37. The van der Waals surface area contributed by atoms with Crippen molar-refractivity contribution in [2.24, 2.45) is 5.92 Å². The summed E-state index contributed by atoms with van der Waals surface area (Å²) >= 11 is 0. The van der Waals surface area contributed by atoms with E-state index in [-0.39, 0.29) is 10.7 Å². The molecule has 0 aliphatic rings. The van der Waals surface area contributed by atoms with Gasteiger partial charge < -0.3 is 20.0 Å². The zero-order chi connectivity index (χ0) is 29.3. The van der Waals surface area contributed by atoms with Gasteiger partial charge in [0.25, 0.3) is 0 Å². The predicted octanol–water partition coefficient (Wildman–Crippen LogP) is 8.73. The van der Waals surface area contributed by atoms with Crippen LogP contribution in [0.4, 0.5) is 0 Å². The Morgan fingerprint density at radius 1 is 0.846 bits per heavy atom. The number of ketones is 1. The second-order valence-corrected chi connectivity index (χ2v) is 17.7. The van der Waals surface area contributed by atoms with Gasteiger partial charge in [-0.1, -0.05) is 135 Å². The number of hydrogen-bond acceptors (Lipinski definition) is 5. The molecule has 3 atom stereocenters. The Hall–Kier alpha value is -1.34. The molecule has 0 aliphatic heterocycles. The number of benzene rings is 1. The molecule has 0 aliphatic carbocycles. The van der Waals surface area contributed by atoms with Gasteiger partial charge in [0.1, 0.15) is 0 Å². The molecule has 0 spiro atoms. The molecule has 0 radical (unpaired) electrons. The Morgan fingerprint density at radius 3 is 1.82 bits per heavy atom. The van der Waals surface area contributed by atoms with E-state index >= 15 is 0 Å². The fraction of sp³-hybridized carbons (Fsp3) is 0.758. The van der Waals surface area contributed by atoms with Crippen LogP contribution in [0.2, 0.25) is 18.1 Å². The van der Waals surface area contributed by atoms with Gasteiger partial charge in [0.2, 0.25) is 5.78 Å². The predicted molar refractivity (Wildman–Crippen MR) is 167 cm³/mol. The van der Waals surface area contributed by atoms with Crippen molar-refractivity contribution in [2.75, 3.05) is 6.61 Å². The molecule has 0 saturated carbocycles. The van der Waals surface area contributed by atoms with E-state index in [9.17, 15) is 15.0 Å². The van der Waals surface area contributed by atoms with E-state index in [1.807, 2.05) is 6.07 Å². The molecule has 224 valence electrons. The Labute approximate surface area is 240 Å². The van der Waals surface area contributed by atoms with Crippen molar-refractivity contribution in [3.8, 4) is 0 Å². The van der Waals surface area contributed by atoms with Crippen LogP contribution in [-0.4, -0.2) is 48.8 Å². The zero-order valence-electron chi connectivity index (χ0n) is 25.9. The Bertz CT molecular complexity index is 806. The number of aliphatic hydroxyl groups excluding tert-OH is 2. The molecule has 0 bridgehead atoms. The molecule has 6 heteroatoms. The van der Waals surface area contributed by atoms with Crippen LogP contribution in [0.1, 0.15) is 128 Å². The molecule has 0 saturated heterocycles. The van der Waals surface area contributed by atoms with Crippen LogP contribution in [0.5, 0.6) is 0 Å². The average molecular weight is 562 g/mol. The van der Waals surface area contributed by atoms with Crippen LogP contribution in [0.25, 0.3) is 0 Å². The zero-order valence-corrected chi connectivity index (χ0v) is 26.9. The van der Waals surface area contributed by atoms with E-state index in [4.69, 9.17) is 9.84 Å². The van der Waals surface area contributed by atoms with E-state index < -0.39 is 32.2 Å². The quantitative estimate of drug-likeness (QED) is 0.0571. The molecule has 0 unspecified atom stereocenters. The lowest BCUT2D eigenvalue weighted by Gasteiger charge is -2.37. The molecule has 0 fully saturated rings. The molecule has 3 N–H and O–H groups in total. The molecule has 5 nitrogen and oxygen atoms in total. The number of carbonyl (C=O) groups excluding carboxylic acids is 1. The fourth-order valence-corrected chi connectivity index (χ4v) is 5.75. The first-order valence-electron chi connectivity index (χ1n) is 15.6. The molecular weight excluding hydrogens is 502 g/mol. The van der Waals surface area contributed by atoms with Crippen LogP contribution >= 0.6 is 0 Å². The topological polar surface area (TPSA) is 90.6 Å². The standard InChI is InChI=1S/C33H59NO4Si/c1-7-8-9-10-11-12-13-14-15-16-17-21-24-29(35)32(37)28(25-26-38-39(5,6)33(2,3)4)30(34)31(36)27-22-19-18-20-23-27/h18-20,22-23,28-29,32,34-35,37H,7-17,21,24-26H2,1-6H3/t28-,29+,32-/m1/s1. The number of hydrogen-bond donors (Lipinski definition) is 3. The summed E-state index contributed by atoms with van der Waals surface area (Å²) in [7, 11) is -2.01. The van der Waals surface area contributed by atoms with Gasteiger partial charge in [-0.05, 0) is 31.0 Å². The molecule has 0 heterocycles. The van der Waals surface area contributed by atoms with E-state index in [0.717, 1.165) is 19.3 Å². The highest BCUT2D eigenvalue weighted by atomic mass is 28.4. The van der Waals surface area contributed by atoms with Crippen LogP contribution in [0.15, 0.2) is 30.3 Å². The molecule has 1 rings (SSSR count). The lowest BCUT2D eigenvalue weighted by atomic mass is 9.85. The maximum absolute atomic E-state index is 13.1. The van der Waals surface area contributed by atoms with Crippen molar-refractivity contribution < 1.29 is 19.4 Å². The van der Waals surface area contributed by atoms with Crippen LogP contribution in [0, 0.1) is 11.3 Å². The second kappa shape index (κ2) is 18.9. The lowest BCUT2D eigenvalue weighted by Crippen LogP contribution is -2.44.